The van der Waals surface area contributed by atoms with Crippen LogP contribution in [0.2, 0.25) is 0 Å². The number of hydrogen-bond acceptors (Lipinski definition) is 6. The number of thioether (sulfide) groups is 1. The second-order valence-corrected chi connectivity index (χ2v) is 13.1. The van der Waals surface area contributed by atoms with Gasteiger partial charge in [-0.1, -0.05) is 114 Å². The van der Waals surface area contributed by atoms with Gasteiger partial charge in [-0.25, -0.2) is 4.98 Å². The molecule has 42 heavy (non-hydrogen) atoms. The van der Waals surface area contributed by atoms with E-state index in [-0.39, 0.29) is 25.4 Å². The minimum atomic E-state index is -2.02. The number of nitrogens with one attached hydrogen (secondary N) is 1. The smallest absolute Gasteiger partial charge is 0.272 e. The van der Waals surface area contributed by atoms with E-state index in [0.717, 1.165) is 44.2 Å². The first-order valence-electron chi connectivity index (χ1n) is 13.4. The van der Waals surface area contributed by atoms with Crippen LogP contribution in [0.5, 0.6) is 0 Å². The van der Waals surface area contributed by atoms with Crippen LogP contribution in [0.4, 0.5) is 0 Å². The van der Waals surface area contributed by atoms with Crippen molar-refractivity contribution in [3.63, 3.8) is 0 Å². The SMILES string of the molecule is O=C(NCc1ccccc1-c1ccc([C@@H]2O[C@H](CSc3ccccn3)C[C@H](c3ccc(CO)cc3)O2)cc1)C(Cl)(Cl)Cl. The Balaban J connectivity index is 1.34. The zero-order chi connectivity index (χ0) is 29.5. The molecule has 0 unspecified atom stereocenters. The van der Waals surface area contributed by atoms with Crippen molar-refractivity contribution >= 4 is 52.5 Å². The monoisotopic (exact) mass is 642 g/mol. The lowest BCUT2D eigenvalue weighted by Crippen LogP contribution is -2.34. The van der Waals surface area contributed by atoms with E-state index in [1.165, 1.54) is 0 Å². The Morgan fingerprint density at radius 3 is 2.33 bits per heavy atom. The highest BCUT2D eigenvalue weighted by molar-refractivity contribution is 7.99. The van der Waals surface area contributed by atoms with E-state index < -0.39 is 16.0 Å². The Bertz CT molecular complexity index is 1470. The van der Waals surface area contributed by atoms with Gasteiger partial charge < -0.3 is 19.9 Å². The summed E-state index contributed by atoms with van der Waals surface area (Å²) < 4.78 is 10.9. The molecule has 1 aliphatic heterocycles. The third kappa shape index (κ3) is 8.05. The quantitative estimate of drug-likeness (QED) is 0.145. The Morgan fingerprint density at radius 2 is 1.64 bits per heavy atom. The fourth-order valence-electron chi connectivity index (χ4n) is 4.69. The topological polar surface area (TPSA) is 80.7 Å². The fraction of sp³-hybridized carbons (Fsp3) is 0.250. The van der Waals surface area contributed by atoms with E-state index in [1.807, 2.05) is 91.0 Å². The highest BCUT2D eigenvalue weighted by Crippen LogP contribution is 2.40. The normalized spacial score (nSPS) is 18.9. The number of aromatic nitrogens is 1. The zero-order valence-electron chi connectivity index (χ0n) is 22.5. The Hall–Kier alpha value is -2.62. The summed E-state index contributed by atoms with van der Waals surface area (Å²) in [5, 5.41) is 13.1. The molecular formula is C32H29Cl3N2O4S. The van der Waals surface area contributed by atoms with Gasteiger partial charge >= 0.3 is 0 Å². The van der Waals surface area contributed by atoms with Crippen molar-refractivity contribution in [2.24, 2.45) is 0 Å². The van der Waals surface area contributed by atoms with Crippen molar-refractivity contribution < 1.29 is 19.4 Å². The number of halogens is 3. The molecule has 0 bridgehead atoms. The van der Waals surface area contributed by atoms with Crippen molar-refractivity contribution in [1.82, 2.24) is 10.3 Å². The Labute approximate surface area is 264 Å². The number of amides is 1. The van der Waals surface area contributed by atoms with E-state index in [1.54, 1.807) is 18.0 Å². The molecule has 0 aliphatic carbocycles. The van der Waals surface area contributed by atoms with Crippen LogP contribution in [0.15, 0.2) is 102 Å². The maximum atomic E-state index is 12.1. The summed E-state index contributed by atoms with van der Waals surface area (Å²) >= 11 is 18.8. The van der Waals surface area contributed by atoms with Gasteiger partial charge in [0, 0.05) is 30.5 Å². The minimum Gasteiger partial charge on any atom is -0.392 e. The summed E-state index contributed by atoms with van der Waals surface area (Å²) in [6.45, 7) is 0.210. The molecular weight excluding hydrogens is 615 g/mol. The molecule has 1 amide bonds. The van der Waals surface area contributed by atoms with Crippen LogP contribution >= 0.6 is 46.6 Å². The lowest BCUT2D eigenvalue weighted by molar-refractivity contribution is -0.245. The Morgan fingerprint density at radius 1 is 0.929 bits per heavy atom. The first kappa shape index (κ1) is 30.8. The summed E-state index contributed by atoms with van der Waals surface area (Å²) in [5.74, 6) is 0.0496. The molecule has 1 aliphatic rings. The maximum absolute atomic E-state index is 12.1. The average molecular weight is 644 g/mol. The number of carbonyl (C=O) groups excluding carboxylic acids is 1. The molecule has 3 aromatic carbocycles. The van der Waals surface area contributed by atoms with E-state index in [4.69, 9.17) is 44.3 Å². The highest BCUT2D eigenvalue weighted by Gasteiger charge is 2.33. The number of aliphatic hydroxyl groups is 1. The summed E-state index contributed by atoms with van der Waals surface area (Å²) in [4.78, 5) is 16.5. The lowest BCUT2D eigenvalue weighted by atomic mass is 9.98. The van der Waals surface area contributed by atoms with Crippen molar-refractivity contribution in [2.45, 2.75) is 46.9 Å². The summed E-state index contributed by atoms with van der Waals surface area (Å²) in [6, 6.07) is 29.5. The molecule has 6 nitrogen and oxygen atoms in total. The fourth-order valence-corrected chi connectivity index (χ4v) is 5.77. The molecule has 0 radical (unpaired) electrons. The summed E-state index contributed by atoms with van der Waals surface area (Å²) in [5.41, 5.74) is 5.58. The molecule has 1 fully saturated rings. The lowest BCUT2D eigenvalue weighted by Gasteiger charge is -2.36. The van der Waals surface area contributed by atoms with Crippen molar-refractivity contribution in [1.29, 1.82) is 0 Å². The van der Waals surface area contributed by atoms with Crippen molar-refractivity contribution in [3.8, 4) is 11.1 Å². The van der Waals surface area contributed by atoms with Gasteiger partial charge in [0.2, 0.25) is 0 Å². The Kier molecular flexibility index (Phi) is 10.4. The van der Waals surface area contributed by atoms with Gasteiger partial charge in [-0.2, -0.15) is 0 Å². The van der Waals surface area contributed by atoms with Crippen LogP contribution in [0.1, 0.15) is 41.1 Å². The third-order valence-corrected chi connectivity index (χ3v) is 8.47. The molecule has 0 saturated carbocycles. The number of ether oxygens (including phenoxy) is 2. The number of pyridine rings is 1. The molecule has 2 heterocycles. The van der Waals surface area contributed by atoms with Crippen LogP contribution in [0.3, 0.4) is 0 Å². The standard InChI is InChI=1S/C32H29Cl3N2O4S/c33-32(34,35)31(39)37-18-25-5-1-2-6-27(25)22-12-14-24(15-13-22)30-40-26(20-42-29-7-3-4-16-36-29)17-28(41-30)23-10-8-21(19-38)9-11-23/h1-16,26,28,30,38H,17-20H2,(H,37,39)/t26-,28+,30+/m0/s1. The van der Waals surface area contributed by atoms with E-state index in [2.05, 4.69) is 10.3 Å². The second-order valence-electron chi connectivity index (χ2n) is 9.79. The number of carbonyl (C=O) groups is 1. The van der Waals surface area contributed by atoms with Gasteiger partial charge in [0.15, 0.2) is 6.29 Å². The summed E-state index contributed by atoms with van der Waals surface area (Å²) in [7, 11) is 0. The molecule has 5 rings (SSSR count). The number of nitrogens with zero attached hydrogens (tertiary/aromatic N) is 1. The van der Waals surface area contributed by atoms with Crippen LogP contribution in [-0.4, -0.2) is 31.6 Å². The molecule has 1 saturated heterocycles. The third-order valence-electron chi connectivity index (χ3n) is 6.88. The molecule has 2 N–H and O–H groups in total. The van der Waals surface area contributed by atoms with E-state index in [9.17, 15) is 9.90 Å². The summed E-state index contributed by atoms with van der Waals surface area (Å²) in [6.07, 6.45) is 1.67. The molecule has 0 spiro atoms. The maximum Gasteiger partial charge on any atom is 0.272 e. The van der Waals surface area contributed by atoms with Crippen LogP contribution in [-0.2, 0) is 27.4 Å². The molecule has 10 heteroatoms. The zero-order valence-corrected chi connectivity index (χ0v) is 25.5. The second kappa shape index (κ2) is 14.2. The molecule has 3 atom stereocenters. The molecule has 218 valence electrons. The predicted molar refractivity (Wildman–Crippen MR) is 167 cm³/mol. The molecule has 1 aromatic heterocycles. The minimum absolute atomic E-state index is 0.00433. The number of alkyl halides is 3. The first-order valence-corrected chi connectivity index (χ1v) is 15.5. The van der Waals surface area contributed by atoms with Crippen LogP contribution in [0, 0.1) is 0 Å². The first-order chi connectivity index (χ1) is 20.3. The predicted octanol–water partition coefficient (Wildman–Crippen LogP) is 7.57. The van der Waals surface area contributed by atoms with Gasteiger partial charge in [0.05, 0.1) is 23.8 Å². The number of benzene rings is 3. The van der Waals surface area contributed by atoms with Gasteiger partial charge in [0.25, 0.3) is 9.70 Å². The molecule has 4 aromatic rings. The average Bonchev–Trinajstić information content (AvgIpc) is 3.03. The largest absolute Gasteiger partial charge is 0.392 e. The van der Waals surface area contributed by atoms with Crippen molar-refractivity contribution in [2.75, 3.05) is 5.75 Å². The van der Waals surface area contributed by atoms with Gasteiger partial charge in [-0.05, 0) is 39.9 Å². The van der Waals surface area contributed by atoms with Gasteiger partial charge in [-0.15, -0.1) is 11.8 Å². The van der Waals surface area contributed by atoms with Gasteiger partial charge in [0.1, 0.15) is 0 Å². The number of aliphatic hydroxyl groups excluding tert-OH is 1. The van der Waals surface area contributed by atoms with E-state index in [0.29, 0.717) is 6.42 Å². The highest BCUT2D eigenvalue weighted by atomic mass is 35.6. The number of rotatable bonds is 9. The number of hydrogen-bond donors (Lipinski definition) is 2. The van der Waals surface area contributed by atoms with Crippen LogP contribution in [0.25, 0.3) is 11.1 Å². The van der Waals surface area contributed by atoms with Crippen LogP contribution < -0.4 is 5.32 Å². The van der Waals surface area contributed by atoms with E-state index >= 15 is 0 Å². The van der Waals surface area contributed by atoms with Gasteiger partial charge in [-0.3, -0.25) is 4.79 Å². The van der Waals surface area contributed by atoms with Crippen molar-refractivity contribution in [3.05, 3.63) is 119 Å².